The van der Waals surface area contributed by atoms with Crippen LogP contribution in [-0.4, -0.2) is 30.6 Å². The summed E-state index contributed by atoms with van der Waals surface area (Å²) in [4.78, 5) is 8.77. The van der Waals surface area contributed by atoms with Gasteiger partial charge >= 0.3 is 0 Å². The summed E-state index contributed by atoms with van der Waals surface area (Å²) in [5.74, 6) is 0.987. The third-order valence-electron chi connectivity index (χ3n) is 3.45. The minimum Gasteiger partial charge on any atom is -0.486 e. The molecule has 0 aliphatic carbocycles. The van der Waals surface area contributed by atoms with E-state index in [1.54, 1.807) is 36.6 Å². The maximum absolute atomic E-state index is 13.6. The van der Waals surface area contributed by atoms with E-state index in [-0.39, 0.29) is 17.7 Å². The minimum absolute atomic E-state index is 0.206. The van der Waals surface area contributed by atoms with Crippen LogP contribution in [0, 0.1) is 5.82 Å². The molecule has 1 aromatic heterocycles. The van der Waals surface area contributed by atoms with Gasteiger partial charge in [0.1, 0.15) is 6.10 Å². The highest BCUT2D eigenvalue weighted by Gasteiger charge is 2.10. The number of thiazole rings is 1. The number of aromatic nitrogens is 1. The second kappa shape index (κ2) is 9.36. The molecule has 25 heavy (non-hydrogen) atoms. The third kappa shape index (κ3) is 6.01. The van der Waals surface area contributed by atoms with E-state index in [9.17, 15) is 4.39 Å². The van der Waals surface area contributed by atoms with Crippen LogP contribution in [0.2, 0.25) is 0 Å². The maximum Gasteiger partial charge on any atom is 0.191 e. The number of nitrogens with zero attached hydrogens (tertiary/aromatic N) is 2. The smallest absolute Gasteiger partial charge is 0.191 e. The Morgan fingerprint density at radius 2 is 2.04 bits per heavy atom. The molecule has 0 saturated carbocycles. The van der Waals surface area contributed by atoms with Gasteiger partial charge in [0, 0.05) is 18.3 Å². The van der Waals surface area contributed by atoms with E-state index in [0.717, 1.165) is 10.7 Å². The Bertz CT molecular complexity index is 702. The number of guanidine groups is 1. The number of halogens is 1. The Labute approximate surface area is 152 Å². The van der Waals surface area contributed by atoms with E-state index < -0.39 is 0 Å². The predicted octanol–water partition coefficient (Wildman–Crippen LogP) is 3.54. The van der Waals surface area contributed by atoms with Crippen LogP contribution in [-0.2, 0) is 6.54 Å². The van der Waals surface area contributed by atoms with Crippen molar-refractivity contribution in [3.63, 3.8) is 0 Å². The van der Waals surface area contributed by atoms with Crippen LogP contribution in [0.5, 0.6) is 5.75 Å². The van der Waals surface area contributed by atoms with E-state index in [0.29, 0.717) is 25.0 Å². The number of ether oxygens (including phenoxy) is 1. The molecular weight excluding hydrogens is 339 g/mol. The SMILES string of the molecule is CN=C(NCc1csc(C(C)C)n1)NCC(C)Oc1ccccc1F. The van der Waals surface area contributed by atoms with Crippen molar-refractivity contribution in [2.45, 2.75) is 39.3 Å². The van der Waals surface area contributed by atoms with Gasteiger partial charge in [-0.25, -0.2) is 9.37 Å². The lowest BCUT2D eigenvalue weighted by atomic mass is 10.2. The van der Waals surface area contributed by atoms with Gasteiger partial charge in [-0.2, -0.15) is 0 Å². The van der Waals surface area contributed by atoms with Gasteiger partial charge in [-0.3, -0.25) is 4.99 Å². The van der Waals surface area contributed by atoms with Crippen molar-refractivity contribution in [2.75, 3.05) is 13.6 Å². The molecule has 1 unspecified atom stereocenters. The van der Waals surface area contributed by atoms with Crippen molar-refractivity contribution in [3.8, 4) is 5.75 Å². The molecule has 0 amide bonds. The van der Waals surface area contributed by atoms with E-state index in [4.69, 9.17) is 4.74 Å². The van der Waals surface area contributed by atoms with Gasteiger partial charge in [0.25, 0.3) is 0 Å². The summed E-state index contributed by atoms with van der Waals surface area (Å²) in [5, 5.41) is 9.58. The monoisotopic (exact) mass is 364 g/mol. The summed E-state index contributed by atoms with van der Waals surface area (Å²) < 4.78 is 19.2. The van der Waals surface area contributed by atoms with Gasteiger partial charge < -0.3 is 15.4 Å². The molecule has 2 aromatic rings. The second-order valence-electron chi connectivity index (χ2n) is 6.00. The molecule has 5 nitrogen and oxygen atoms in total. The molecule has 0 aliphatic heterocycles. The Morgan fingerprint density at radius 3 is 2.68 bits per heavy atom. The molecular formula is C18H25FN4OS. The molecule has 1 aromatic carbocycles. The van der Waals surface area contributed by atoms with E-state index in [1.165, 1.54) is 6.07 Å². The lowest BCUT2D eigenvalue weighted by Crippen LogP contribution is -2.41. The third-order valence-corrected chi connectivity index (χ3v) is 4.64. The molecule has 7 heteroatoms. The van der Waals surface area contributed by atoms with Crippen molar-refractivity contribution in [2.24, 2.45) is 4.99 Å². The lowest BCUT2D eigenvalue weighted by molar-refractivity contribution is 0.214. The summed E-state index contributed by atoms with van der Waals surface area (Å²) in [6, 6.07) is 6.39. The van der Waals surface area contributed by atoms with Gasteiger partial charge in [-0.05, 0) is 19.1 Å². The predicted molar refractivity (Wildman–Crippen MR) is 101 cm³/mol. The molecule has 2 rings (SSSR count). The van der Waals surface area contributed by atoms with Crippen molar-refractivity contribution in [3.05, 3.63) is 46.2 Å². The Kier molecular flexibility index (Phi) is 7.18. The van der Waals surface area contributed by atoms with Crippen molar-refractivity contribution >= 4 is 17.3 Å². The Hall–Kier alpha value is -2.15. The Morgan fingerprint density at radius 1 is 1.28 bits per heavy atom. The molecule has 0 radical (unpaired) electrons. The van der Waals surface area contributed by atoms with Crippen LogP contribution in [0.1, 0.15) is 37.4 Å². The maximum atomic E-state index is 13.6. The van der Waals surface area contributed by atoms with Gasteiger partial charge in [0.05, 0.1) is 23.8 Å². The van der Waals surface area contributed by atoms with Crippen molar-refractivity contribution in [1.82, 2.24) is 15.6 Å². The lowest BCUT2D eigenvalue weighted by Gasteiger charge is -2.17. The molecule has 1 atom stereocenters. The average Bonchev–Trinajstić information content (AvgIpc) is 3.06. The zero-order valence-electron chi connectivity index (χ0n) is 15.0. The molecule has 0 fully saturated rings. The van der Waals surface area contributed by atoms with Crippen molar-refractivity contribution in [1.29, 1.82) is 0 Å². The van der Waals surface area contributed by atoms with Crippen LogP contribution in [0.4, 0.5) is 4.39 Å². The first-order chi connectivity index (χ1) is 12.0. The van der Waals surface area contributed by atoms with Gasteiger partial charge in [-0.15, -0.1) is 11.3 Å². The van der Waals surface area contributed by atoms with Crippen LogP contribution >= 0.6 is 11.3 Å². The summed E-state index contributed by atoms with van der Waals surface area (Å²) in [5.41, 5.74) is 0.993. The number of nitrogens with one attached hydrogen (secondary N) is 2. The first kappa shape index (κ1) is 19.2. The average molecular weight is 364 g/mol. The number of para-hydroxylation sites is 1. The Balaban J connectivity index is 1.78. The number of rotatable bonds is 7. The number of hydrogen-bond donors (Lipinski definition) is 2. The van der Waals surface area contributed by atoms with Gasteiger partial charge in [0.15, 0.2) is 17.5 Å². The number of hydrogen-bond acceptors (Lipinski definition) is 4. The molecule has 0 bridgehead atoms. The second-order valence-corrected chi connectivity index (χ2v) is 6.89. The normalized spacial score (nSPS) is 13.0. The van der Waals surface area contributed by atoms with Crippen molar-refractivity contribution < 1.29 is 9.13 Å². The molecule has 1 heterocycles. The van der Waals surface area contributed by atoms with Crippen LogP contribution < -0.4 is 15.4 Å². The highest BCUT2D eigenvalue weighted by atomic mass is 32.1. The highest BCUT2D eigenvalue weighted by Crippen LogP contribution is 2.19. The van der Waals surface area contributed by atoms with Crippen LogP contribution in [0.25, 0.3) is 0 Å². The topological polar surface area (TPSA) is 58.5 Å². The molecule has 0 aliphatic rings. The molecule has 2 N–H and O–H groups in total. The molecule has 136 valence electrons. The first-order valence-corrected chi connectivity index (χ1v) is 9.17. The zero-order valence-corrected chi connectivity index (χ0v) is 15.9. The van der Waals surface area contributed by atoms with Crippen LogP contribution in [0.15, 0.2) is 34.6 Å². The summed E-state index contributed by atoms with van der Waals surface area (Å²) in [6.45, 7) is 7.25. The fourth-order valence-electron chi connectivity index (χ4n) is 2.10. The highest BCUT2D eigenvalue weighted by molar-refractivity contribution is 7.09. The summed E-state index contributed by atoms with van der Waals surface area (Å²) in [6.07, 6.45) is -0.206. The van der Waals surface area contributed by atoms with E-state index in [1.807, 2.05) is 6.92 Å². The van der Waals surface area contributed by atoms with Gasteiger partial charge in [-0.1, -0.05) is 26.0 Å². The first-order valence-electron chi connectivity index (χ1n) is 8.29. The fourth-order valence-corrected chi connectivity index (χ4v) is 2.94. The molecule has 0 spiro atoms. The number of benzene rings is 1. The summed E-state index contributed by atoms with van der Waals surface area (Å²) >= 11 is 1.67. The summed E-state index contributed by atoms with van der Waals surface area (Å²) in [7, 11) is 1.71. The quantitative estimate of drug-likeness (QED) is 0.583. The van der Waals surface area contributed by atoms with E-state index >= 15 is 0 Å². The van der Waals surface area contributed by atoms with E-state index in [2.05, 4.69) is 39.8 Å². The zero-order chi connectivity index (χ0) is 18.2. The largest absolute Gasteiger partial charge is 0.486 e. The fraction of sp³-hybridized carbons (Fsp3) is 0.444. The number of aliphatic imine (C=N–C) groups is 1. The van der Waals surface area contributed by atoms with Gasteiger partial charge in [0.2, 0.25) is 0 Å². The molecule has 0 saturated heterocycles. The minimum atomic E-state index is -0.360. The van der Waals surface area contributed by atoms with Crippen LogP contribution in [0.3, 0.4) is 0 Å². The standard InChI is InChI=1S/C18H25FN4OS/c1-12(2)17-23-14(11-25-17)10-22-18(20-4)21-9-13(3)24-16-8-6-5-7-15(16)19/h5-8,11-13H,9-10H2,1-4H3,(H2,20,21,22).